The Hall–Kier alpha value is -1.58. The Balaban J connectivity index is 1.94. The highest BCUT2D eigenvalue weighted by Crippen LogP contribution is 2.38. The summed E-state index contributed by atoms with van der Waals surface area (Å²) in [5, 5.41) is 20.1. The molecule has 0 radical (unpaired) electrons. The first-order valence-corrected chi connectivity index (χ1v) is 7.62. The summed E-state index contributed by atoms with van der Waals surface area (Å²) < 4.78 is 0. The van der Waals surface area contributed by atoms with Gasteiger partial charge in [0.15, 0.2) is 0 Å². The molecule has 0 amide bonds. The molecule has 1 aliphatic carbocycles. The van der Waals surface area contributed by atoms with Gasteiger partial charge >= 0.3 is 0 Å². The Labute approximate surface area is 122 Å². The van der Waals surface area contributed by atoms with Gasteiger partial charge in [0, 0.05) is 6.07 Å². The second-order valence-corrected chi connectivity index (χ2v) is 6.24. The lowest BCUT2D eigenvalue weighted by molar-refractivity contribution is -0.387. The summed E-state index contributed by atoms with van der Waals surface area (Å²) in [7, 11) is 0. The second-order valence-electron chi connectivity index (χ2n) is 5.10. The van der Waals surface area contributed by atoms with Crippen molar-refractivity contribution in [3.63, 3.8) is 0 Å². The summed E-state index contributed by atoms with van der Waals surface area (Å²) >= 11 is 1.47. The van der Waals surface area contributed by atoms with Crippen molar-refractivity contribution in [1.29, 1.82) is 5.26 Å². The molecule has 2 rings (SSSR count). The van der Waals surface area contributed by atoms with Crippen molar-refractivity contribution in [3.05, 3.63) is 34.4 Å². The molecule has 0 bridgehead atoms. The fourth-order valence-electron chi connectivity index (χ4n) is 2.69. The lowest BCUT2D eigenvalue weighted by Crippen LogP contribution is -2.41. The first-order valence-electron chi connectivity index (χ1n) is 6.63. The minimum Gasteiger partial charge on any atom is -0.313 e. The van der Waals surface area contributed by atoms with Gasteiger partial charge in [-0.2, -0.15) is 5.26 Å². The van der Waals surface area contributed by atoms with E-state index in [4.69, 9.17) is 11.0 Å². The summed E-state index contributed by atoms with van der Waals surface area (Å²) in [5.41, 5.74) is 5.52. The molecule has 0 saturated heterocycles. The van der Waals surface area contributed by atoms with Gasteiger partial charge in [0.2, 0.25) is 0 Å². The van der Waals surface area contributed by atoms with E-state index in [-0.39, 0.29) is 16.5 Å². The Morgan fingerprint density at radius 2 is 2.30 bits per heavy atom. The van der Waals surface area contributed by atoms with Gasteiger partial charge in [-0.25, -0.2) is 0 Å². The van der Waals surface area contributed by atoms with Crippen LogP contribution >= 0.6 is 11.8 Å². The summed E-state index contributed by atoms with van der Waals surface area (Å²) in [6.45, 7) is 0. The average Bonchev–Trinajstić information content (AvgIpc) is 2.81. The number of thioether (sulfide) groups is 1. The standard InChI is InChI=1S/C14H17N3O2S/c15-10-14(16)8-3-4-11(14)7-9-20-13-6-2-1-5-12(13)17(18)19/h1-2,5-6,11H,3-4,7-9,16H2. The number of rotatable bonds is 5. The van der Waals surface area contributed by atoms with Crippen LogP contribution in [-0.2, 0) is 0 Å². The van der Waals surface area contributed by atoms with E-state index in [9.17, 15) is 10.1 Å². The quantitative estimate of drug-likeness (QED) is 0.511. The number of hydrogen-bond acceptors (Lipinski definition) is 5. The van der Waals surface area contributed by atoms with Gasteiger partial charge in [0.05, 0.1) is 15.9 Å². The second kappa shape index (κ2) is 6.25. The van der Waals surface area contributed by atoms with Gasteiger partial charge < -0.3 is 5.73 Å². The molecule has 2 unspecified atom stereocenters. The minimum absolute atomic E-state index is 0.142. The summed E-state index contributed by atoms with van der Waals surface area (Å²) in [5.74, 6) is 0.943. The zero-order chi connectivity index (χ0) is 14.6. The zero-order valence-electron chi connectivity index (χ0n) is 11.1. The molecule has 0 aromatic heterocycles. The highest BCUT2D eigenvalue weighted by Gasteiger charge is 2.39. The van der Waals surface area contributed by atoms with Gasteiger partial charge in [-0.3, -0.25) is 10.1 Å². The van der Waals surface area contributed by atoms with Crippen molar-refractivity contribution in [2.45, 2.75) is 36.1 Å². The number of benzene rings is 1. The lowest BCUT2D eigenvalue weighted by atomic mass is 9.88. The van der Waals surface area contributed by atoms with Gasteiger partial charge in [0.1, 0.15) is 5.54 Å². The Morgan fingerprint density at radius 3 is 3.00 bits per heavy atom. The molecule has 1 saturated carbocycles. The van der Waals surface area contributed by atoms with Crippen LogP contribution in [-0.4, -0.2) is 16.2 Å². The third-order valence-corrected chi connectivity index (χ3v) is 4.96. The van der Waals surface area contributed by atoms with Gasteiger partial charge in [-0.05, 0) is 37.0 Å². The van der Waals surface area contributed by atoms with E-state index in [1.807, 2.05) is 0 Å². The molecule has 0 aliphatic heterocycles. The number of nitrogens with two attached hydrogens (primary N) is 1. The van der Waals surface area contributed by atoms with Crippen LogP contribution in [0.1, 0.15) is 25.7 Å². The molecule has 2 atom stereocenters. The molecule has 20 heavy (non-hydrogen) atoms. The molecule has 1 aliphatic rings. The predicted molar refractivity (Wildman–Crippen MR) is 78.3 cm³/mol. The molecular weight excluding hydrogens is 274 g/mol. The summed E-state index contributed by atoms with van der Waals surface area (Å²) in [6, 6.07) is 8.97. The third kappa shape index (κ3) is 3.11. The molecule has 0 spiro atoms. The van der Waals surface area contributed by atoms with E-state index in [1.54, 1.807) is 18.2 Å². The van der Waals surface area contributed by atoms with Gasteiger partial charge in [0.25, 0.3) is 5.69 Å². The van der Waals surface area contributed by atoms with Crippen LogP contribution in [0.5, 0.6) is 0 Å². The maximum Gasteiger partial charge on any atom is 0.282 e. The monoisotopic (exact) mass is 291 g/mol. The fraction of sp³-hybridized carbons (Fsp3) is 0.500. The number of nitriles is 1. The van der Waals surface area contributed by atoms with E-state index in [0.717, 1.165) is 31.4 Å². The van der Waals surface area contributed by atoms with Crippen molar-refractivity contribution >= 4 is 17.4 Å². The number of nitro groups is 1. The smallest absolute Gasteiger partial charge is 0.282 e. The van der Waals surface area contributed by atoms with Crippen LogP contribution in [0.3, 0.4) is 0 Å². The number of para-hydroxylation sites is 1. The fourth-order valence-corrected chi connectivity index (χ4v) is 3.78. The lowest BCUT2D eigenvalue weighted by Gasteiger charge is -2.23. The van der Waals surface area contributed by atoms with Crippen LogP contribution in [0.15, 0.2) is 29.2 Å². The maximum absolute atomic E-state index is 10.9. The van der Waals surface area contributed by atoms with Crippen LogP contribution in [0.4, 0.5) is 5.69 Å². The molecule has 1 aromatic rings. The zero-order valence-corrected chi connectivity index (χ0v) is 11.9. The number of hydrogen-bond donors (Lipinski definition) is 1. The van der Waals surface area contributed by atoms with Crippen LogP contribution in [0.25, 0.3) is 0 Å². The average molecular weight is 291 g/mol. The molecule has 1 fully saturated rings. The van der Waals surface area contributed by atoms with Crippen molar-refractivity contribution in [2.75, 3.05) is 5.75 Å². The first kappa shape index (κ1) is 14.8. The third-order valence-electron chi connectivity index (χ3n) is 3.87. The minimum atomic E-state index is -0.705. The molecular formula is C14H17N3O2S. The highest BCUT2D eigenvalue weighted by atomic mass is 32.2. The molecule has 0 heterocycles. The largest absolute Gasteiger partial charge is 0.313 e. The van der Waals surface area contributed by atoms with Crippen LogP contribution in [0, 0.1) is 27.4 Å². The topological polar surface area (TPSA) is 93.0 Å². The molecule has 2 N–H and O–H groups in total. The van der Waals surface area contributed by atoms with Crippen LogP contribution < -0.4 is 5.73 Å². The van der Waals surface area contributed by atoms with Gasteiger partial charge in [-0.15, -0.1) is 11.8 Å². The van der Waals surface area contributed by atoms with Gasteiger partial charge in [-0.1, -0.05) is 18.6 Å². The number of nitro benzene ring substituents is 1. The molecule has 5 nitrogen and oxygen atoms in total. The van der Waals surface area contributed by atoms with E-state index in [0.29, 0.717) is 4.90 Å². The van der Waals surface area contributed by atoms with E-state index in [1.165, 1.54) is 17.8 Å². The highest BCUT2D eigenvalue weighted by molar-refractivity contribution is 7.99. The Kier molecular flexibility index (Phi) is 4.63. The van der Waals surface area contributed by atoms with Crippen molar-refractivity contribution in [2.24, 2.45) is 11.7 Å². The van der Waals surface area contributed by atoms with E-state index < -0.39 is 5.54 Å². The molecule has 106 valence electrons. The number of nitrogens with zero attached hydrogens (tertiary/aromatic N) is 2. The SMILES string of the molecule is N#CC1(N)CCCC1CCSc1ccccc1[N+](=O)[O-]. The van der Waals surface area contributed by atoms with Crippen molar-refractivity contribution in [1.82, 2.24) is 0 Å². The summed E-state index contributed by atoms with van der Waals surface area (Å²) in [4.78, 5) is 11.2. The van der Waals surface area contributed by atoms with E-state index in [2.05, 4.69) is 6.07 Å². The predicted octanol–water partition coefficient (Wildman–Crippen LogP) is 3.10. The first-order chi connectivity index (χ1) is 9.57. The Bertz CT molecular complexity index is 543. The maximum atomic E-state index is 10.9. The normalized spacial score (nSPS) is 25.3. The molecule has 1 aromatic carbocycles. The van der Waals surface area contributed by atoms with E-state index >= 15 is 0 Å². The van der Waals surface area contributed by atoms with Crippen LogP contribution in [0.2, 0.25) is 0 Å². The Morgan fingerprint density at radius 1 is 1.55 bits per heavy atom. The summed E-state index contributed by atoms with van der Waals surface area (Å²) in [6.07, 6.45) is 3.54. The van der Waals surface area contributed by atoms with Crippen molar-refractivity contribution < 1.29 is 4.92 Å². The molecule has 6 heteroatoms. The van der Waals surface area contributed by atoms with Crippen molar-refractivity contribution in [3.8, 4) is 6.07 Å².